The number of hydrogen-bond donors (Lipinski definition) is 2. The first-order chi connectivity index (χ1) is 9.62. The quantitative estimate of drug-likeness (QED) is 0.880. The van der Waals surface area contributed by atoms with Crippen molar-refractivity contribution in [2.24, 2.45) is 5.41 Å². The topological polar surface area (TPSA) is 60.8 Å². The summed E-state index contributed by atoms with van der Waals surface area (Å²) in [6.07, 6.45) is 2.33. The van der Waals surface area contributed by atoms with Gasteiger partial charge in [0, 0.05) is 12.6 Å². The van der Waals surface area contributed by atoms with Crippen molar-refractivity contribution in [3.8, 4) is 0 Å². The van der Waals surface area contributed by atoms with Crippen LogP contribution in [-0.2, 0) is 11.3 Å². The fraction of sp³-hybridized carbons (Fsp3) is 0.562. The number of nitrogens with zero attached hydrogens (tertiary/aromatic N) is 1. The lowest BCUT2D eigenvalue weighted by atomic mass is 9.61. The predicted molar refractivity (Wildman–Crippen MR) is 75.2 cm³/mol. The van der Waals surface area contributed by atoms with E-state index in [4.69, 9.17) is 0 Å². The number of rotatable bonds is 4. The molecule has 1 atom stereocenters. The van der Waals surface area contributed by atoms with Crippen LogP contribution in [0.3, 0.4) is 0 Å². The van der Waals surface area contributed by atoms with Crippen molar-refractivity contribution < 1.29 is 15.0 Å². The van der Waals surface area contributed by atoms with E-state index in [1.54, 1.807) is 0 Å². The molecule has 1 aromatic rings. The van der Waals surface area contributed by atoms with Crippen LogP contribution in [0.1, 0.15) is 31.2 Å². The van der Waals surface area contributed by atoms with Crippen molar-refractivity contribution in [1.29, 1.82) is 0 Å². The minimum Gasteiger partial charge on any atom is -0.481 e. The van der Waals surface area contributed by atoms with E-state index < -0.39 is 17.5 Å². The molecule has 2 aliphatic rings. The van der Waals surface area contributed by atoms with Crippen molar-refractivity contribution >= 4 is 5.97 Å². The average Bonchev–Trinajstić information content (AvgIpc) is 2.84. The number of likely N-dealkylation sites (tertiary alicyclic amines) is 1. The zero-order chi connectivity index (χ0) is 14.2. The highest BCUT2D eigenvalue weighted by molar-refractivity contribution is 5.77. The second kappa shape index (κ2) is 5.19. The first-order valence-electron chi connectivity index (χ1n) is 7.31. The van der Waals surface area contributed by atoms with Gasteiger partial charge >= 0.3 is 5.97 Å². The molecular weight excluding hydrogens is 254 g/mol. The molecular formula is C16H21NO3. The molecule has 1 unspecified atom stereocenters. The summed E-state index contributed by atoms with van der Waals surface area (Å²) in [7, 11) is 0. The van der Waals surface area contributed by atoms with Crippen LogP contribution < -0.4 is 0 Å². The van der Waals surface area contributed by atoms with Gasteiger partial charge in [-0.1, -0.05) is 30.3 Å². The van der Waals surface area contributed by atoms with Gasteiger partial charge in [-0.25, -0.2) is 0 Å². The maximum absolute atomic E-state index is 11.7. The van der Waals surface area contributed by atoms with E-state index in [2.05, 4.69) is 17.0 Å². The maximum atomic E-state index is 11.7. The summed E-state index contributed by atoms with van der Waals surface area (Å²) in [4.78, 5) is 14.0. The predicted octanol–water partition coefficient (Wildman–Crippen LogP) is 1.88. The van der Waals surface area contributed by atoms with Crippen molar-refractivity contribution in [2.45, 2.75) is 44.4 Å². The van der Waals surface area contributed by atoms with E-state index in [9.17, 15) is 15.0 Å². The summed E-state index contributed by atoms with van der Waals surface area (Å²) in [5.74, 6) is -0.743. The van der Waals surface area contributed by atoms with Crippen LogP contribution in [0, 0.1) is 5.41 Å². The number of aliphatic hydroxyl groups excluding tert-OH is 1. The Morgan fingerprint density at radius 1 is 1.30 bits per heavy atom. The van der Waals surface area contributed by atoms with E-state index in [0.717, 1.165) is 25.9 Å². The number of carbonyl (C=O) groups is 1. The highest BCUT2D eigenvalue weighted by Gasteiger charge is 2.57. The molecule has 1 saturated heterocycles. The minimum atomic E-state index is -0.743. The van der Waals surface area contributed by atoms with Crippen LogP contribution in [0.2, 0.25) is 0 Å². The van der Waals surface area contributed by atoms with Gasteiger partial charge in [0.2, 0.25) is 0 Å². The van der Waals surface area contributed by atoms with Gasteiger partial charge in [-0.15, -0.1) is 0 Å². The highest BCUT2D eigenvalue weighted by Crippen LogP contribution is 2.49. The molecule has 0 spiro atoms. The van der Waals surface area contributed by atoms with Crippen LogP contribution in [0.15, 0.2) is 30.3 Å². The Labute approximate surface area is 119 Å². The lowest BCUT2D eigenvalue weighted by Gasteiger charge is -2.48. The van der Waals surface area contributed by atoms with Crippen LogP contribution >= 0.6 is 0 Å². The van der Waals surface area contributed by atoms with Gasteiger partial charge in [-0.05, 0) is 37.8 Å². The molecule has 1 saturated carbocycles. The van der Waals surface area contributed by atoms with E-state index in [-0.39, 0.29) is 6.04 Å². The first kappa shape index (κ1) is 13.6. The third kappa shape index (κ3) is 2.23. The number of hydrogen-bond acceptors (Lipinski definition) is 3. The van der Waals surface area contributed by atoms with Crippen LogP contribution in [0.4, 0.5) is 0 Å². The second-order valence-electron chi connectivity index (χ2n) is 6.14. The van der Waals surface area contributed by atoms with Crippen molar-refractivity contribution in [1.82, 2.24) is 4.90 Å². The summed E-state index contributed by atoms with van der Waals surface area (Å²) in [5.41, 5.74) is 0.491. The normalized spacial score (nSPS) is 33.9. The lowest BCUT2D eigenvalue weighted by Crippen LogP contribution is -2.58. The Balaban J connectivity index is 1.77. The maximum Gasteiger partial charge on any atom is 0.311 e. The molecule has 2 fully saturated rings. The molecule has 4 heteroatoms. The Morgan fingerprint density at radius 2 is 2.00 bits per heavy atom. The standard InChI is InChI=1S/C16H21NO3/c18-13-9-16(10-13,15(19)20)14-7-4-8-17(14)11-12-5-2-1-3-6-12/h1-3,5-6,13-14,18H,4,7-11H2,(H,19,20). The van der Waals surface area contributed by atoms with Crippen molar-refractivity contribution in [3.05, 3.63) is 35.9 Å². The Bertz CT molecular complexity index is 482. The molecule has 0 bridgehead atoms. The molecule has 0 amide bonds. The fourth-order valence-electron chi connectivity index (χ4n) is 3.83. The monoisotopic (exact) mass is 275 g/mol. The summed E-state index contributed by atoms with van der Waals surface area (Å²) >= 11 is 0. The third-order valence-electron chi connectivity index (χ3n) is 4.86. The molecule has 2 N–H and O–H groups in total. The molecule has 1 aromatic carbocycles. The largest absolute Gasteiger partial charge is 0.481 e. The van der Waals surface area contributed by atoms with Crippen LogP contribution in [-0.4, -0.2) is 39.8 Å². The van der Waals surface area contributed by atoms with Gasteiger partial charge in [0.15, 0.2) is 0 Å². The Hall–Kier alpha value is -1.39. The molecule has 4 nitrogen and oxygen atoms in total. The second-order valence-corrected chi connectivity index (χ2v) is 6.14. The molecule has 1 heterocycles. The number of benzene rings is 1. The first-order valence-corrected chi connectivity index (χ1v) is 7.31. The van der Waals surface area contributed by atoms with Crippen molar-refractivity contribution in [3.63, 3.8) is 0 Å². The van der Waals surface area contributed by atoms with Gasteiger partial charge in [-0.3, -0.25) is 9.69 Å². The fourth-order valence-corrected chi connectivity index (χ4v) is 3.83. The molecule has 1 aliphatic heterocycles. The number of aliphatic carboxylic acids is 1. The molecule has 3 rings (SSSR count). The molecule has 20 heavy (non-hydrogen) atoms. The zero-order valence-electron chi connectivity index (χ0n) is 11.5. The summed E-state index contributed by atoms with van der Waals surface area (Å²) < 4.78 is 0. The van der Waals surface area contributed by atoms with Crippen molar-refractivity contribution in [2.75, 3.05) is 6.54 Å². The lowest BCUT2D eigenvalue weighted by molar-refractivity contribution is -0.171. The number of aliphatic hydroxyl groups is 1. The smallest absolute Gasteiger partial charge is 0.311 e. The van der Waals surface area contributed by atoms with Crippen LogP contribution in [0.25, 0.3) is 0 Å². The molecule has 0 aromatic heterocycles. The van der Waals surface area contributed by atoms with Crippen LogP contribution in [0.5, 0.6) is 0 Å². The van der Waals surface area contributed by atoms with Gasteiger partial charge in [0.05, 0.1) is 11.5 Å². The highest BCUT2D eigenvalue weighted by atomic mass is 16.4. The van der Waals surface area contributed by atoms with E-state index in [1.807, 2.05) is 18.2 Å². The summed E-state index contributed by atoms with van der Waals surface area (Å²) in [5, 5.41) is 19.2. The Morgan fingerprint density at radius 3 is 2.60 bits per heavy atom. The Kier molecular flexibility index (Phi) is 3.52. The molecule has 108 valence electrons. The van der Waals surface area contributed by atoms with Gasteiger partial charge in [0.1, 0.15) is 0 Å². The van der Waals surface area contributed by atoms with Gasteiger partial charge < -0.3 is 10.2 Å². The van der Waals surface area contributed by atoms with Gasteiger partial charge in [-0.2, -0.15) is 0 Å². The minimum absolute atomic E-state index is 0.0589. The summed E-state index contributed by atoms with van der Waals surface area (Å²) in [6.45, 7) is 1.75. The van der Waals surface area contributed by atoms with E-state index in [0.29, 0.717) is 12.8 Å². The molecule has 0 radical (unpaired) electrons. The summed E-state index contributed by atoms with van der Waals surface area (Å²) in [6, 6.07) is 10.2. The van der Waals surface area contributed by atoms with Gasteiger partial charge in [0.25, 0.3) is 0 Å². The zero-order valence-corrected chi connectivity index (χ0v) is 11.5. The average molecular weight is 275 g/mol. The SMILES string of the molecule is O=C(O)C1(C2CCCN2Cc2ccccc2)CC(O)C1. The van der Waals surface area contributed by atoms with E-state index in [1.165, 1.54) is 5.56 Å². The van der Waals surface area contributed by atoms with E-state index >= 15 is 0 Å². The third-order valence-corrected chi connectivity index (χ3v) is 4.86. The number of carboxylic acid groups (broad SMARTS) is 1. The molecule has 1 aliphatic carbocycles. The number of carboxylic acids is 1.